The van der Waals surface area contributed by atoms with Gasteiger partial charge in [0.2, 0.25) is 0 Å². The van der Waals surface area contributed by atoms with Crippen LogP contribution in [-0.2, 0) is 4.74 Å². The summed E-state index contributed by atoms with van der Waals surface area (Å²) in [7, 11) is 0. The maximum Gasteiger partial charge on any atom is 0.321 e. The number of likely N-dealkylation sites (tertiary alicyclic amines) is 1. The number of halogens is 2. The molecule has 1 aromatic rings. The van der Waals surface area contributed by atoms with Crippen molar-refractivity contribution in [3.05, 3.63) is 29.0 Å². The Balaban J connectivity index is 1.58. The van der Waals surface area contributed by atoms with E-state index in [4.69, 9.17) is 16.3 Å². The lowest BCUT2D eigenvalue weighted by Crippen LogP contribution is -2.59. The Labute approximate surface area is 150 Å². The van der Waals surface area contributed by atoms with Gasteiger partial charge in [-0.05, 0) is 38.0 Å². The van der Waals surface area contributed by atoms with E-state index in [1.165, 1.54) is 18.2 Å². The molecular weight excluding hydrogens is 351 g/mol. The summed E-state index contributed by atoms with van der Waals surface area (Å²) in [6.07, 6.45) is 0.591. The van der Waals surface area contributed by atoms with E-state index in [2.05, 4.69) is 5.32 Å². The van der Waals surface area contributed by atoms with Crippen molar-refractivity contribution in [3.8, 4) is 0 Å². The number of amides is 2. The first-order valence-corrected chi connectivity index (χ1v) is 8.64. The number of aliphatic hydroxyl groups is 2. The highest BCUT2D eigenvalue weighted by Gasteiger charge is 2.48. The third kappa shape index (κ3) is 3.89. The number of carbonyl (C=O) groups excluding carboxylic acids is 1. The van der Waals surface area contributed by atoms with Crippen molar-refractivity contribution in [3.63, 3.8) is 0 Å². The smallest absolute Gasteiger partial charge is 0.321 e. The summed E-state index contributed by atoms with van der Waals surface area (Å²) in [5.74, 6) is -0.539. The van der Waals surface area contributed by atoms with Gasteiger partial charge in [0.15, 0.2) is 0 Å². The Morgan fingerprint density at radius 1 is 1.44 bits per heavy atom. The van der Waals surface area contributed by atoms with Gasteiger partial charge in [-0.3, -0.25) is 0 Å². The maximum absolute atomic E-state index is 13.2. The molecule has 2 aliphatic rings. The van der Waals surface area contributed by atoms with E-state index in [1.807, 2.05) is 0 Å². The van der Waals surface area contributed by atoms with E-state index in [0.29, 0.717) is 38.0 Å². The number of urea groups is 1. The number of carbonyl (C=O) groups is 1. The molecule has 0 radical (unpaired) electrons. The van der Waals surface area contributed by atoms with Gasteiger partial charge < -0.3 is 25.2 Å². The second-order valence-electron chi connectivity index (χ2n) is 7.09. The largest absolute Gasteiger partial charge is 0.388 e. The van der Waals surface area contributed by atoms with E-state index in [0.717, 1.165) is 0 Å². The normalized spacial score (nSPS) is 28.8. The molecule has 8 heteroatoms. The van der Waals surface area contributed by atoms with E-state index in [1.54, 1.807) is 11.8 Å². The van der Waals surface area contributed by atoms with Crippen LogP contribution in [0.15, 0.2) is 18.2 Å². The third-order valence-corrected chi connectivity index (χ3v) is 5.37. The number of nitrogens with one attached hydrogen (secondary N) is 1. The first-order valence-electron chi connectivity index (χ1n) is 8.26. The Morgan fingerprint density at radius 2 is 2.12 bits per heavy atom. The molecule has 1 spiro atoms. The van der Waals surface area contributed by atoms with Crippen molar-refractivity contribution in [2.45, 2.75) is 43.5 Å². The molecule has 0 unspecified atom stereocenters. The molecule has 1 aromatic carbocycles. The van der Waals surface area contributed by atoms with Gasteiger partial charge in [-0.25, -0.2) is 9.18 Å². The number of ether oxygens (including phenoxy) is 1. The van der Waals surface area contributed by atoms with Crippen molar-refractivity contribution < 1.29 is 24.1 Å². The lowest BCUT2D eigenvalue weighted by molar-refractivity contribution is -0.221. The lowest BCUT2D eigenvalue weighted by Gasteiger charge is -2.49. The minimum Gasteiger partial charge on any atom is -0.388 e. The highest BCUT2D eigenvalue weighted by atomic mass is 35.5. The Bertz CT molecular complexity index is 662. The molecule has 0 saturated carbocycles. The predicted octanol–water partition coefficient (Wildman–Crippen LogP) is 2.38. The van der Waals surface area contributed by atoms with Crippen LogP contribution in [0.25, 0.3) is 0 Å². The van der Waals surface area contributed by atoms with Crippen molar-refractivity contribution in [2.24, 2.45) is 0 Å². The van der Waals surface area contributed by atoms with Crippen LogP contribution in [0.2, 0.25) is 5.02 Å². The number of piperidine rings is 1. The van der Waals surface area contributed by atoms with E-state index in [9.17, 15) is 19.4 Å². The van der Waals surface area contributed by atoms with Crippen LogP contribution in [0.5, 0.6) is 0 Å². The number of nitrogens with zero attached hydrogens (tertiary/aromatic N) is 1. The molecule has 25 heavy (non-hydrogen) atoms. The summed E-state index contributed by atoms with van der Waals surface area (Å²) in [6.45, 7) is 2.63. The van der Waals surface area contributed by atoms with Crippen molar-refractivity contribution >= 4 is 23.3 Å². The minimum absolute atomic E-state index is 0.0493. The topological polar surface area (TPSA) is 82.0 Å². The molecular formula is C17H22ClFN2O4. The molecule has 6 nitrogen and oxygen atoms in total. The zero-order valence-corrected chi connectivity index (χ0v) is 14.7. The summed E-state index contributed by atoms with van der Waals surface area (Å²) in [6, 6.07) is 3.73. The molecule has 2 saturated heterocycles. The molecule has 2 heterocycles. The van der Waals surface area contributed by atoms with E-state index >= 15 is 0 Å². The van der Waals surface area contributed by atoms with Gasteiger partial charge >= 0.3 is 6.03 Å². The van der Waals surface area contributed by atoms with Crippen LogP contribution in [0.4, 0.5) is 14.9 Å². The van der Waals surface area contributed by atoms with Crippen LogP contribution in [0, 0.1) is 5.82 Å². The first-order chi connectivity index (χ1) is 11.7. The van der Waals surface area contributed by atoms with Gasteiger partial charge in [0, 0.05) is 25.2 Å². The Morgan fingerprint density at radius 3 is 2.72 bits per heavy atom. The summed E-state index contributed by atoms with van der Waals surface area (Å²) < 4.78 is 19.0. The SMILES string of the molecule is C[C@]1(O)CC2(CCN(C(=O)Nc3ccc(F)c(Cl)c3)CC2)OC[C@@H]1O. The van der Waals surface area contributed by atoms with Gasteiger partial charge in [-0.15, -0.1) is 0 Å². The first kappa shape index (κ1) is 18.4. The lowest BCUT2D eigenvalue weighted by atomic mass is 9.77. The molecule has 3 N–H and O–H groups in total. The van der Waals surface area contributed by atoms with E-state index in [-0.39, 0.29) is 17.7 Å². The number of anilines is 1. The summed E-state index contributed by atoms with van der Waals surface area (Å²) in [5, 5.41) is 22.8. The second kappa shape index (κ2) is 6.72. The van der Waals surface area contributed by atoms with Crippen LogP contribution in [-0.4, -0.2) is 58.1 Å². The molecule has 2 fully saturated rings. The van der Waals surface area contributed by atoms with Gasteiger partial charge in [-0.2, -0.15) is 0 Å². The number of rotatable bonds is 1. The predicted molar refractivity (Wildman–Crippen MR) is 91.2 cm³/mol. The number of benzene rings is 1. The van der Waals surface area contributed by atoms with Gasteiger partial charge in [0.05, 0.1) is 22.8 Å². The quantitative estimate of drug-likeness (QED) is 0.707. The van der Waals surface area contributed by atoms with Crippen LogP contribution in [0.1, 0.15) is 26.2 Å². The van der Waals surface area contributed by atoms with Crippen LogP contribution in [0.3, 0.4) is 0 Å². The molecule has 2 aliphatic heterocycles. The molecule has 0 aliphatic carbocycles. The Hall–Kier alpha value is -1.41. The zero-order chi connectivity index (χ0) is 18.2. The third-order valence-electron chi connectivity index (χ3n) is 5.08. The van der Waals surface area contributed by atoms with Gasteiger partial charge in [0.1, 0.15) is 11.9 Å². The molecule has 2 amide bonds. The van der Waals surface area contributed by atoms with Crippen LogP contribution < -0.4 is 5.32 Å². The monoisotopic (exact) mass is 372 g/mol. The highest BCUT2D eigenvalue weighted by Crippen LogP contribution is 2.39. The molecule has 0 aromatic heterocycles. The molecule has 2 atom stereocenters. The van der Waals surface area contributed by atoms with E-state index < -0.39 is 23.1 Å². The standard InChI is InChI=1S/C17H22ClFN2O4/c1-16(24)10-17(25-9-14(16)22)4-6-21(7-5-17)15(23)20-11-2-3-13(19)12(18)8-11/h2-3,8,14,22,24H,4-7,9-10H2,1H3,(H,20,23)/t14-,16-/m0/s1. The zero-order valence-electron chi connectivity index (χ0n) is 14.0. The molecule has 0 bridgehead atoms. The average Bonchev–Trinajstić information content (AvgIpc) is 2.55. The summed E-state index contributed by atoms with van der Waals surface area (Å²) in [5.41, 5.74) is -1.27. The van der Waals surface area contributed by atoms with Gasteiger partial charge in [-0.1, -0.05) is 11.6 Å². The average molecular weight is 373 g/mol. The second-order valence-corrected chi connectivity index (χ2v) is 7.50. The van der Waals surface area contributed by atoms with Gasteiger partial charge in [0.25, 0.3) is 0 Å². The number of hydrogen-bond acceptors (Lipinski definition) is 4. The van der Waals surface area contributed by atoms with Crippen molar-refractivity contribution in [2.75, 3.05) is 25.0 Å². The fourth-order valence-electron chi connectivity index (χ4n) is 3.47. The summed E-state index contributed by atoms with van der Waals surface area (Å²) >= 11 is 5.72. The fraction of sp³-hybridized carbons (Fsp3) is 0.588. The maximum atomic E-state index is 13.2. The van der Waals surface area contributed by atoms with Crippen molar-refractivity contribution in [1.82, 2.24) is 4.90 Å². The number of aliphatic hydroxyl groups excluding tert-OH is 1. The molecule has 3 rings (SSSR count). The fourth-order valence-corrected chi connectivity index (χ4v) is 3.65. The Kier molecular flexibility index (Phi) is 4.94. The summed E-state index contributed by atoms with van der Waals surface area (Å²) in [4.78, 5) is 14.0. The minimum atomic E-state index is -1.19. The highest BCUT2D eigenvalue weighted by molar-refractivity contribution is 6.31. The number of hydrogen-bond donors (Lipinski definition) is 3. The van der Waals surface area contributed by atoms with Crippen molar-refractivity contribution in [1.29, 1.82) is 0 Å². The van der Waals surface area contributed by atoms with Crippen LogP contribution >= 0.6 is 11.6 Å². The molecule has 138 valence electrons.